The van der Waals surface area contributed by atoms with Crippen LogP contribution in [0.25, 0.3) is 10.4 Å². The number of rotatable bonds is 3. The minimum absolute atomic E-state index is 0.103. The molecule has 0 aliphatic rings. The van der Waals surface area contributed by atoms with Crippen LogP contribution in [0.3, 0.4) is 0 Å². The monoisotopic (exact) mass is 292 g/mol. The van der Waals surface area contributed by atoms with Crippen molar-refractivity contribution in [2.24, 2.45) is 5.11 Å². The molecule has 8 heteroatoms. The van der Waals surface area contributed by atoms with Crippen LogP contribution in [0.15, 0.2) is 17.2 Å². The number of azide groups is 1. The molecular weight excluding hydrogens is 276 g/mol. The van der Waals surface area contributed by atoms with Crippen LogP contribution < -0.4 is 5.32 Å². The van der Waals surface area contributed by atoms with E-state index in [4.69, 9.17) is 15.4 Å². The lowest BCUT2D eigenvalue weighted by molar-refractivity contribution is 0.0632. The van der Waals surface area contributed by atoms with Gasteiger partial charge in [0.25, 0.3) is 0 Å². The second-order valence-corrected chi connectivity index (χ2v) is 5.29. The van der Waals surface area contributed by atoms with Gasteiger partial charge in [-0.05, 0) is 50.9 Å². The van der Waals surface area contributed by atoms with E-state index >= 15 is 0 Å². The first-order valence-corrected chi connectivity index (χ1v) is 6.07. The Balaban J connectivity index is 3.19. The molecule has 2 N–H and O–H groups in total. The van der Waals surface area contributed by atoms with Gasteiger partial charge in [0.2, 0.25) is 0 Å². The van der Waals surface area contributed by atoms with Crippen molar-refractivity contribution in [3.05, 3.63) is 33.7 Å². The Hall–Kier alpha value is -2.73. The summed E-state index contributed by atoms with van der Waals surface area (Å²) >= 11 is 0. The van der Waals surface area contributed by atoms with E-state index in [2.05, 4.69) is 15.3 Å². The van der Waals surface area contributed by atoms with Crippen molar-refractivity contribution < 1.29 is 19.4 Å². The van der Waals surface area contributed by atoms with Crippen LogP contribution in [0.5, 0.6) is 0 Å². The topological polar surface area (TPSA) is 124 Å². The maximum absolute atomic E-state index is 11.7. The Bertz CT molecular complexity index is 628. The standard InChI is InChI=1S/C13H16N4O4/c1-7-9(15-12(20)21-13(2,3)4)5-8(11(18)19)6-10(7)16-17-14/h5-6H,1-4H3,(H,15,20)(H,18,19). The van der Waals surface area contributed by atoms with Crippen molar-refractivity contribution in [2.75, 3.05) is 5.32 Å². The molecule has 0 saturated heterocycles. The molecule has 0 saturated carbocycles. The molecule has 0 fully saturated rings. The van der Waals surface area contributed by atoms with Crippen molar-refractivity contribution in [2.45, 2.75) is 33.3 Å². The highest BCUT2D eigenvalue weighted by atomic mass is 16.6. The second kappa shape index (κ2) is 6.15. The van der Waals surface area contributed by atoms with Gasteiger partial charge in [-0.3, -0.25) is 5.32 Å². The summed E-state index contributed by atoms with van der Waals surface area (Å²) in [4.78, 5) is 25.4. The fourth-order valence-corrected chi connectivity index (χ4v) is 1.52. The number of hydrogen-bond donors (Lipinski definition) is 2. The van der Waals surface area contributed by atoms with E-state index in [1.54, 1.807) is 27.7 Å². The molecule has 21 heavy (non-hydrogen) atoms. The lowest BCUT2D eigenvalue weighted by Gasteiger charge is -2.20. The minimum atomic E-state index is -1.20. The van der Waals surface area contributed by atoms with Gasteiger partial charge in [-0.2, -0.15) is 0 Å². The SMILES string of the molecule is Cc1c(N=[N+]=[N-])cc(C(=O)O)cc1NC(=O)OC(C)(C)C. The first kappa shape index (κ1) is 16.3. The van der Waals surface area contributed by atoms with Gasteiger partial charge >= 0.3 is 12.1 Å². The number of carboxylic acids is 1. The lowest BCUT2D eigenvalue weighted by Crippen LogP contribution is -2.27. The van der Waals surface area contributed by atoms with Crippen molar-refractivity contribution >= 4 is 23.4 Å². The van der Waals surface area contributed by atoms with Crippen LogP contribution >= 0.6 is 0 Å². The van der Waals surface area contributed by atoms with E-state index in [-0.39, 0.29) is 16.9 Å². The number of nitrogens with one attached hydrogen (secondary N) is 1. The van der Waals surface area contributed by atoms with E-state index in [0.717, 1.165) is 0 Å². The number of nitrogens with zero attached hydrogens (tertiary/aromatic N) is 3. The van der Waals surface area contributed by atoms with Gasteiger partial charge in [0, 0.05) is 16.3 Å². The highest BCUT2D eigenvalue weighted by Crippen LogP contribution is 2.29. The number of anilines is 1. The van der Waals surface area contributed by atoms with Crippen molar-refractivity contribution in [3.63, 3.8) is 0 Å². The Kier molecular flexibility index (Phi) is 4.78. The summed E-state index contributed by atoms with van der Waals surface area (Å²) in [5.74, 6) is -1.20. The van der Waals surface area contributed by atoms with E-state index in [1.165, 1.54) is 12.1 Å². The smallest absolute Gasteiger partial charge is 0.412 e. The minimum Gasteiger partial charge on any atom is -0.478 e. The van der Waals surface area contributed by atoms with Crippen LogP contribution in [0, 0.1) is 6.92 Å². The van der Waals surface area contributed by atoms with E-state index in [1.807, 2.05) is 0 Å². The molecule has 112 valence electrons. The highest BCUT2D eigenvalue weighted by molar-refractivity contribution is 5.94. The maximum atomic E-state index is 11.7. The van der Waals surface area contributed by atoms with Crippen molar-refractivity contribution in [3.8, 4) is 0 Å². The molecule has 0 bridgehead atoms. The molecule has 0 aliphatic carbocycles. The zero-order chi connectivity index (χ0) is 16.2. The van der Waals surface area contributed by atoms with Gasteiger partial charge < -0.3 is 9.84 Å². The molecule has 0 aliphatic heterocycles. The van der Waals surface area contributed by atoms with E-state index in [9.17, 15) is 9.59 Å². The van der Waals surface area contributed by atoms with E-state index < -0.39 is 17.7 Å². The largest absolute Gasteiger partial charge is 0.478 e. The lowest BCUT2D eigenvalue weighted by atomic mass is 10.1. The molecule has 0 unspecified atom stereocenters. The number of hydrogen-bond acceptors (Lipinski definition) is 4. The number of aromatic carboxylic acids is 1. The molecule has 1 rings (SSSR count). The Morgan fingerprint density at radius 3 is 2.48 bits per heavy atom. The van der Waals surface area contributed by atoms with Crippen LogP contribution in [-0.4, -0.2) is 22.8 Å². The summed E-state index contributed by atoms with van der Waals surface area (Å²) < 4.78 is 5.10. The number of ether oxygens (including phenoxy) is 1. The van der Waals surface area contributed by atoms with Gasteiger partial charge in [-0.15, -0.1) is 0 Å². The first-order valence-electron chi connectivity index (χ1n) is 6.07. The van der Waals surface area contributed by atoms with E-state index in [0.29, 0.717) is 5.56 Å². The normalized spacial score (nSPS) is 10.5. The molecule has 0 atom stereocenters. The third kappa shape index (κ3) is 4.70. The summed E-state index contributed by atoms with van der Waals surface area (Å²) in [6, 6.07) is 2.51. The summed E-state index contributed by atoms with van der Waals surface area (Å²) in [7, 11) is 0. The molecule has 1 amide bonds. The molecule has 1 aromatic carbocycles. The molecule has 1 aromatic rings. The average molecular weight is 292 g/mol. The quantitative estimate of drug-likeness (QED) is 0.496. The third-order valence-corrected chi connectivity index (χ3v) is 2.42. The fraction of sp³-hybridized carbons (Fsp3) is 0.385. The molecule has 8 nitrogen and oxygen atoms in total. The van der Waals surface area contributed by atoms with Crippen LogP contribution in [-0.2, 0) is 4.74 Å². The van der Waals surface area contributed by atoms with Gasteiger partial charge in [-0.25, -0.2) is 9.59 Å². The summed E-state index contributed by atoms with van der Waals surface area (Å²) in [5, 5.41) is 14.9. The van der Waals surface area contributed by atoms with Crippen LogP contribution in [0.2, 0.25) is 0 Å². The molecule has 0 aromatic heterocycles. The Morgan fingerprint density at radius 1 is 1.38 bits per heavy atom. The number of amides is 1. The Labute approximate surface area is 121 Å². The number of carbonyl (C=O) groups excluding carboxylic acids is 1. The third-order valence-electron chi connectivity index (χ3n) is 2.42. The molecule has 0 spiro atoms. The Morgan fingerprint density at radius 2 is 2.00 bits per heavy atom. The van der Waals surface area contributed by atoms with Gasteiger partial charge in [0.1, 0.15) is 5.60 Å². The zero-order valence-electron chi connectivity index (χ0n) is 12.2. The summed E-state index contributed by atoms with van der Waals surface area (Å²) in [6.07, 6.45) is -0.722. The number of carbonyl (C=O) groups is 2. The fourth-order valence-electron chi connectivity index (χ4n) is 1.52. The summed E-state index contributed by atoms with van der Waals surface area (Å²) in [6.45, 7) is 6.72. The molecular formula is C13H16N4O4. The number of benzene rings is 1. The second-order valence-electron chi connectivity index (χ2n) is 5.29. The predicted octanol–water partition coefficient (Wildman–Crippen LogP) is 3.98. The maximum Gasteiger partial charge on any atom is 0.412 e. The van der Waals surface area contributed by atoms with Crippen molar-refractivity contribution in [1.82, 2.24) is 0 Å². The van der Waals surface area contributed by atoms with Crippen LogP contribution in [0.1, 0.15) is 36.7 Å². The average Bonchev–Trinajstić information content (AvgIpc) is 2.31. The number of carboxylic acid groups (broad SMARTS) is 1. The first-order chi connectivity index (χ1) is 9.64. The highest BCUT2D eigenvalue weighted by Gasteiger charge is 2.18. The van der Waals surface area contributed by atoms with Crippen molar-refractivity contribution in [1.29, 1.82) is 0 Å². The zero-order valence-corrected chi connectivity index (χ0v) is 12.2. The molecule has 0 heterocycles. The summed E-state index contributed by atoms with van der Waals surface area (Å²) in [5.41, 5.74) is 8.50. The van der Waals surface area contributed by atoms with Gasteiger partial charge in [-0.1, -0.05) is 5.11 Å². The predicted molar refractivity (Wildman–Crippen MR) is 76.8 cm³/mol. The van der Waals surface area contributed by atoms with Gasteiger partial charge in [0.15, 0.2) is 0 Å². The molecule has 0 radical (unpaired) electrons. The van der Waals surface area contributed by atoms with Crippen LogP contribution in [0.4, 0.5) is 16.2 Å². The van der Waals surface area contributed by atoms with Gasteiger partial charge in [0.05, 0.1) is 5.56 Å².